The highest BCUT2D eigenvalue weighted by molar-refractivity contribution is 9.10. The van der Waals surface area contributed by atoms with Gasteiger partial charge in [-0.15, -0.1) is 16.9 Å². The molecule has 1 amide bonds. The molecular formula is C20H19BrN4O6S. The second kappa shape index (κ2) is 8.58. The first-order chi connectivity index (χ1) is 15.3. The van der Waals surface area contributed by atoms with E-state index in [0.29, 0.717) is 11.4 Å². The average molecular weight is 523 g/mol. The zero-order chi connectivity index (χ0) is 23.0. The topological polar surface area (TPSA) is 113 Å². The minimum Gasteiger partial charge on any atom is -0.497 e. The quantitative estimate of drug-likeness (QED) is 0.306. The molecule has 1 fully saturated rings. The smallest absolute Gasteiger partial charge is 0.355 e. The summed E-state index contributed by atoms with van der Waals surface area (Å²) in [5, 5.41) is 8.92. The van der Waals surface area contributed by atoms with Crippen LogP contribution in [-0.4, -0.2) is 54.5 Å². The Kier molecular flexibility index (Phi) is 5.99. The van der Waals surface area contributed by atoms with E-state index in [2.05, 4.69) is 26.2 Å². The van der Waals surface area contributed by atoms with Crippen molar-refractivity contribution in [3.05, 3.63) is 52.8 Å². The number of rotatable bonds is 7. The molecule has 2 aliphatic rings. The van der Waals surface area contributed by atoms with Gasteiger partial charge in [-0.25, -0.2) is 4.79 Å². The zero-order valence-electron chi connectivity index (χ0n) is 17.4. The van der Waals surface area contributed by atoms with Gasteiger partial charge in [0.05, 0.1) is 13.3 Å². The van der Waals surface area contributed by atoms with Crippen molar-refractivity contribution in [2.45, 2.75) is 29.3 Å². The number of nitrogens with zero attached hydrogens (tertiary/aromatic N) is 4. The molecule has 10 nitrogen and oxygen atoms in total. The Morgan fingerprint density at radius 2 is 2.03 bits per heavy atom. The van der Waals surface area contributed by atoms with Crippen molar-refractivity contribution in [2.24, 2.45) is 7.05 Å². The van der Waals surface area contributed by atoms with Gasteiger partial charge in [0.2, 0.25) is 0 Å². The van der Waals surface area contributed by atoms with Crippen LogP contribution in [-0.2, 0) is 37.5 Å². The Balaban J connectivity index is 1.47. The van der Waals surface area contributed by atoms with Crippen LogP contribution in [0.15, 0.2) is 41.6 Å². The van der Waals surface area contributed by atoms with E-state index in [1.165, 1.54) is 28.3 Å². The Bertz CT molecular complexity index is 1100. The molecule has 0 radical (unpaired) electrons. The number of halogens is 1. The first-order valence-electron chi connectivity index (χ1n) is 9.47. The lowest BCUT2D eigenvalue weighted by molar-refractivity contribution is -0.163. The summed E-state index contributed by atoms with van der Waals surface area (Å²) in [6.07, 6.45) is 0.557. The predicted octanol–water partition coefficient (Wildman–Crippen LogP) is 2.06. The number of aromatic nitrogens is 3. The minimum absolute atomic E-state index is 0.0483. The molecule has 1 saturated heterocycles. The summed E-state index contributed by atoms with van der Waals surface area (Å²) >= 11 is 4.74. The third-order valence-corrected chi connectivity index (χ3v) is 7.69. The number of esters is 2. The van der Waals surface area contributed by atoms with Gasteiger partial charge in [-0.05, 0) is 17.7 Å². The van der Waals surface area contributed by atoms with E-state index in [1.807, 2.05) is 0 Å². The summed E-state index contributed by atoms with van der Waals surface area (Å²) in [6, 6.07) is 7.11. The number of carbonyl (C=O) groups excluding carboxylic acids is 3. The van der Waals surface area contributed by atoms with Crippen molar-refractivity contribution in [3.63, 3.8) is 0 Å². The van der Waals surface area contributed by atoms with Crippen LogP contribution in [0.4, 0.5) is 0 Å². The molecule has 0 N–H and O–H groups in total. The molecule has 2 aliphatic heterocycles. The van der Waals surface area contributed by atoms with E-state index in [0.717, 1.165) is 5.56 Å². The second-order valence-electron chi connectivity index (χ2n) is 7.17. The van der Waals surface area contributed by atoms with E-state index in [4.69, 9.17) is 14.2 Å². The van der Waals surface area contributed by atoms with E-state index in [1.54, 1.807) is 50.0 Å². The van der Waals surface area contributed by atoms with Crippen LogP contribution in [0.25, 0.3) is 0 Å². The average Bonchev–Trinajstić information content (AvgIpc) is 3.40. The van der Waals surface area contributed by atoms with Crippen molar-refractivity contribution in [1.82, 2.24) is 19.9 Å². The van der Waals surface area contributed by atoms with Crippen molar-refractivity contribution in [1.29, 1.82) is 0 Å². The molecule has 0 saturated carbocycles. The largest absolute Gasteiger partial charge is 0.497 e. The summed E-state index contributed by atoms with van der Waals surface area (Å²) < 4.78 is 16.1. The Morgan fingerprint density at radius 3 is 2.62 bits per heavy atom. The van der Waals surface area contributed by atoms with Gasteiger partial charge >= 0.3 is 11.9 Å². The fraction of sp³-hybridized carbons (Fsp3) is 0.350. The number of methoxy groups -OCH3 is 1. The standard InChI is InChI=1S/C20H19BrN4O6S/c1-11(26)31-16(14-8-24(2)23-22-14)20(21)18(28)25-15(10-32-19(20)25)17(27)30-9-12-4-6-13(29-3)7-5-12/h4-8,10,16,19H,9H2,1-3H3/t16?,19-,20?/m1/s1. The summed E-state index contributed by atoms with van der Waals surface area (Å²) in [5.74, 6) is -0.928. The number of amides is 1. The Labute approximate surface area is 196 Å². The number of benzene rings is 1. The van der Waals surface area contributed by atoms with E-state index >= 15 is 0 Å². The van der Waals surface area contributed by atoms with Gasteiger partial charge in [0.1, 0.15) is 29.1 Å². The molecule has 168 valence electrons. The third-order valence-electron chi connectivity index (χ3n) is 5.00. The molecule has 4 rings (SSSR count). The second-order valence-corrected chi connectivity index (χ2v) is 9.43. The molecule has 1 aromatic carbocycles. The molecule has 2 aromatic rings. The fourth-order valence-corrected chi connectivity index (χ4v) is 5.71. The fourth-order valence-electron chi connectivity index (χ4n) is 3.45. The maximum absolute atomic E-state index is 13.2. The lowest BCUT2D eigenvalue weighted by atomic mass is 9.89. The normalized spacial score (nSPS) is 22.5. The summed E-state index contributed by atoms with van der Waals surface area (Å²) in [4.78, 5) is 38.9. The number of β-lactam (4-membered cyclic amide) rings is 1. The van der Waals surface area contributed by atoms with Gasteiger partial charge < -0.3 is 14.2 Å². The van der Waals surface area contributed by atoms with Crippen LogP contribution < -0.4 is 4.74 Å². The number of hydrogen-bond donors (Lipinski definition) is 0. The molecule has 32 heavy (non-hydrogen) atoms. The molecule has 12 heteroatoms. The molecule has 0 spiro atoms. The highest BCUT2D eigenvalue weighted by Gasteiger charge is 2.69. The number of aryl methyl sites for hydroxylation is 1. The first-order valence-corrected chi connectivity index (χ1v) is 11.2. The predicted molar refractivity (Wildman–Crippen MR) is 116 cm³/mol. The number of ether oxygens (including phenoxy) is 3. The van der Waals surface area contributed by atoms with Gasteiger partial charge in [0, 0.05) is 19.4 Å². The molecule has 1 aromatic heterocycles. The van der Waals surface area contributed by atoms with Crippen molar-refractivity contribution < 1.29 is 28.6 Å². The Hall–Kier alpha value is -2.86. The molecule has 0 aliphatic carbocycles. The highest BCUT2D eigenvalue weighted by atomic mass is 79.9. The Morgan fingerprint density at radius 1 is 1.31 bits per heavy atom. The molecule has 2 unspecified atom stereocenters. The summed E-state index contributed by atoms with van der Waals surface area (Å²) in [5.41, 5.74) is 1.24. The molecule has 0 bridgehead atoms. The van der Waals surface area contributed by atoms with Crippen molar-refractivity contribution >= 4 is 45.5 Å². The van der Waals surface area contributed by atoms with Gasteiger partial charge in [-0.3, -0.25) is 19.2 Å². The van der Waals surface area contributed by atoms with Crippen LogP contribution in [0, 0.1) is 0 Å². The molecule has 3 heterocycles. The van der Waals surface area contributed by atoms with E-state index in [-0.39, 0.29) is 12.3 Å². The van der Waals surface area contributed by atoms with Gasteiger partial charge in [-0.1, -0.05) is 33.3 Å². The van der Waals surface area contributed by atoms with Gasteiger partial charge in [0.15, 0.2) is 10.4 Å². The minimum atomic E-state index is -1.30. The number of fused-ring (bicyclic) bond motifs is 1. The number of thioether (sulfide) groups is 1. The van der Waals surface area contributed by atoms with Crippen molar-refractivity contribution in [2.75, 3.05) is 7.11 Å². The third kappa shape index (κ3) is 3.77. The van der Waals surface area contributed by atoms with Crippen molar-refractivity contribution in [3.8, 4) is 5.75 Å². The van der Waals surface area contributed by atoms with Gasteiger partial charge in [0.25, 0.3) is 5.91 Å². The highest BCUT2D eigenvalue weighted by Crippen LogP contribution is 2.57. The van der Waals surface area contributed by atoms with Crippen LogP contribution in [0.2, 0.25) is 0 Å². The monoisotopic (exact) mass is 522 g/mol. The maximum atomic E-state index is 13.2. The first kappa shape index (κ1) is 22.3. The van der Waals surface area contributed by atoms with Crippen LogP contribution >= 0.6 is 27.7 Å². The summed E-state index contributed by atoms with van der Waals surface area (Å²) in [6.45, 7) is 1.30. The SMILES string of the molecule is COc1ccc(COC(=O)C2=CS[C@H]3N2C(=O)C3(Br)C(OC(C)=O)c2cn(C)nn2)cc1. The molecular weight excluding hydrogens is 504 g/mol. The lowest BCUT2D eigenvalue weighted by Crippen LogP contribution is -2.70. The lowest BCUT2D eigenvalue weighted by Gasteiger charge is -2.51. The van der Waals surface area contributed by atoms with Gasteiger partial charge in [-0.2, -0.15) is 0 Å². The van der Waals surface area contributed by atoms with Crippen LogP contribution in [0.5, 0.6) is 5.75 Å². The van der Waals surface area contributed by atoms with Crippen LogP contribution in [0.1, 0.15) is 24.3 Å². The maximum Gasteiger partial charge on any atom is 0.355 e. The number of carbonyl (C=O) groups is 3. The van der Waals surface area contributed by atoms with E-state index in [9.17, 15) is 14.4 Å². The van der Waals surface area contributed by atoms with E-state index < -0.39 is 33.6 Å². The molecule has 3 atom stereocenters. The number of hydrogen-bond acceptors (Lipinski definition) is 9. The van der Waals surface area contributed by atoms with Crippen LogP contribution in [0.3, 0.4) is 0 Å². The zero-order valence-corrected chi connectivity index (χ0v) is 19.8. The summed E-state index contributed by atoms with van der Waals surface area (Å²) in [7, 11) is 3.24. The number of alkyl halides is 1.